The zero-order valence-electron chi connectivity index (χ0n) is 11.5. The van der Waals surface area contributed by atoms with Crippen molar-refractivity contribution in [2.45, 2.75) is 19.1 Å². The van der Waals surface area contributed by atoms with Crippen molar-refractivity contribution in [1.29, 1.82) is 0 Å². The molecule has 0 radical (unpaired) electrons. The molecule has 0 fully saturated rings. The van der Waals surface area contributed by atoms with Gasteiger partial charge in [-0.3, -0.25) is 0 Å². The second kappa shape index (κ2) is 7.11. The maximum Gasteiger partial charge on any atom is 0.129 e. The van der Waals surface area contributed by atoms with Crippen LogP contribution in [0.4, 0.5) is 8.78 Å². The third kappa shape index (κ3) is 4.33. The second-order valence-corrected chi connectivity index (χ2v) is 5.78. The highest BCUT2D eigenvalue weighted by Crippen LogP contribution is 2.20. The van der Waals surface area contributed by atoms with Gasteiger partial charge in [-0.15, -0.1) is 0 Å². The Bertz CT molecular complexity index is 604. The monoisotopic (exact) mass is 355 g/mol. The van der Waals surface area contributed by atoms with Crippen LogP contribution in [0.2, 0.25) is 0 Å². The fraction of sp³-hybridized carbons (Fsp3) is 0.250. The molecule has 2 aromatic rings. The summed E-state index contributed by atoms with van der Waals surface area (Å²) in [6.45, 7) is 2.08. The standard InChI is InChI=1S/C16H16BrF2NO/c1-10(11-2-4-12(17)5-3-11)20-9-16(21)14-8-13(18)6-7-15(14)19/h2-8,10,16,20-21H,9H2,1H3. The van der Waals surface area contributed by atoms with Crippen molar-refractivity contribution in [3.05, 3.63) is 69.7 Å². The highest BCUT2D eigenvalue weighted by molar-refractivity contribution is 9.10. The molecule has 2 atom stereocenters. The molecule has 5 heteroatoms. The van der Waals surface area contributed by atoms with Gasteiger partial charge in [-0.2, -0.15) is 0 Å². The lowest BCUT2D eigenvalue weighted by Crippen LogP contribution is -2.25. The SMILES string of the molecule is CC(NCC(O)c1cc(F)ccc1F)c1ccc(Br)cc1. The fourth-order valence-electron chi connectivity index (χ4n) is 2.04. The Morgan fingerprint density at radius 3 is 2.48 bits per heavy atom. The first kappa shape index (κ1) is 16.1. The van der Waals surface area contributed by atoms with Crippen molar-refractivity contribution in [3.63, 3.8) is 0 Å². The highest BCUT2D eigenvalue weighted by atomic mass is 79.9. The summed E-state index contributed by atoms with van der Waals surface area (Å²) >= 11 is 3.36. The van der Waals surface area contributed by atoms with Gasteiger partial charge in [0.2, 0.25) is 0 Å². The molecule has 0 aliphatic rings. The first-order valence-corrected chi connectivity index (χ1v) is 7.38. The van der Waals surface area contributed by atoms with Gasteiger partial charge >= 0.3 is 0 Å². The molecular formula is C16H16BrF2NO. The molecule has 21 heavy (non-hydrogen) atoms. The summed E-state index contributed by atoms with van der Waals surface area (Å²) < 4.78 is 27.6. The van der Waals surface area contributed by atoms with Crippen molar-refractivity contribution < 1.29 is 13.9 Å². The summed E-state index contributed by atoms with van der Waals surface area (Å²) in [7, 11) is 0. The summed E-state index contributed by atoms with van der Waals surface area (Å²) in [5.41, 5.74) is 1.01. The van der Waals surface area contributed by atoms with Crippen molar-refractivity contribution in [3.8, 4) is 0 Å². The normalized spacial score (nSPS) is 14.0. The highest BCUT2D eigenvalue weighted by Gasteiger charge is 2.15. The number of benzene rings is 2. The van der Waals surface area contributed by atoms with Crippen LogP contribution in [0.3, 0.4) is 0 Å². The Morgan fingerprint density at radius 2 is 1.81 bits per heavy atom. The fourth-order valence-corrected chi connectivity index (χ4v) is 2.30. The lowest BCUT2D eigenvalue weighted by atomic mass is 10.1. The molecule has 2 aromatic carbocycles. The molecule has 0 heterocycles. The van der Waals surface area contributed by atoms with Crippen LogP contribution < -0.4 is 5.32 Å². The Labute approximate surface area is 130 Å². The number of hydrogen-bond donors (Lipinski definition) is 2. The number of nitrogens with one attached hydrogen (secondary N) is 1. The molecule has 0 spiro atoms. The van der Waals surface area contributed by atoms with Gasteiger partial charge in [0.25, 0.3) is 0 Å². The molecule has 0 bridgehead atoms. The Hall–Kier alpha value is -1.30. The van der Waals surface area contributed by atoms with Gasteiger partial charge in [0, 0.05) is 22.6 Å². The predicted molar refractivity (Wildman–Crippen MR) is 81.9 cm³/mol. The van der Waals surface area contributed by atoms with Crippen LogP contribution in [0, 0.1) is 11.6 Å². The topological polar surface area (TPSA) is 32.3 Å². The van der Waals surface area contributed by atoms with E-state index in [9.17, 15) is 13.9 Å². The summed E-state index contributed by atoms with van der Waals surface area (Å²) in [5, 5.41) is 13.1. The lowest BCUT2D eigenvalue weighted by Gasteiger charge is -2.18. The Kier molecular flexibility index (Phi) is 5.45. The quantitative estimate of drug-likeness (QED) is 0.845. The number of aliphatic hydroxyl groups excluding tert-OH is 1. The van der Waals surface area contributed by atoms with Gasteiger partial charge in [0.1, 0.15) is 11.6 Å². The predicted octanol–water partition coefficient (Wildman–Crippen LogP) is 4.11. The second-order valence-electron chi connectivity index (χ2n) is 4.86. The van der Waals surface area contributed by atoms with Crippen molar-refractivity contribution >= 4 is 15.9 Å². The van der Waals surface area contributed by atoms with E-state index in [1.807, 2.05) is 31.2 Å². The number of hydrogen-bond acceptors (Lipinski definition) is 2. The molecule has 112 valence electrons. The van der Waals surface area contributed by atoms with Crippen LogP contribution in [0.15, 0.2) is 46.9 Å². The van der Waals surface area contributed by atoms with E-state index < -0.39 is 17.7 Å². The zero-order chi connectivity index (χ0) is 15.4. The first-order valence-electron chi connectivity index (χ1n) is 6.59. The maximum absolute atomic E-state index is 13.6. The van der Waals surface area contributed by atoms with Crippen LogP contribution >= 0.6 is 15.9 Å². The van der Waals surface area contributed by atoms with E-state index in [-0.39, 0.29) is 18.2 Å². The molecule has 0 amide bonds. The molecule has 0 aromatic heterocycles. The van der Waals surface area contributed by atoms with Gasteiger partial charge in [0.05, 0.1) is 6.10 Å². The van der Waals surface area contributed by atoms with E-state index in [2.05, 4.69) is 21.2 Å². The smallest absolute Gasteiger partial charge is 0.129 e. The molecule has 2 N–H and O–H groups in total. The van der Waals surface area contributed by atoms with Gasteiger partial charge < -0.3 is 10.4 Å². The number of aliphatic hydroxyl groups is 1. The van der Waals surface area contributed by atoms with Gasteiger partial charge in [-0.1, -0.05) is 28.1 Å². The van der Waals surface area contributed by atoms with Crippen LogP contribution in [-0.2, 0) is 0 Å². The van der Waals surface area contributed by atoms with Gasteiger partial charge in [-0.05, 0) is 42.8 Å². The van der Waals surface area contributed by atoms with Crippen LogP contribution in [0.25, 0.3) is 0 Å². The Morgan fingerprint density at radius 1 is 1.14 bits per heavy atom. The van der Waals surface area contributed by atoms with E-state index in [0.717, 1.165) is 28.2 Å². The molecule has 2 rings (SSSR count). The van der Waals surface area contributed by atoms with Gasteiger partial charge in [0.15, 0.2) is 0 Å². The van der Waals surface area contributed by atoms with Crippen LogP contribution in [0.1, 0.15) is 30.2 Å². The molecule has 0 aliphatic heterocycles. The summed E-state index contributed by atoms with van der Waals surface area (Å²) in [5.74, 6) is -1.17. The van der Waals surface area contributed by atoms with E-state index in [4.69, 9.17) is 0 Å². The third-order valence-corrected chi connectivity index (χ3v) is 3.83. The minimum Gasteiger partial charge on any atom is -0.387 e. The average Bonchev–Trinajstić information content (AvgIpc) is 2.47. The Balaban J connectivity index is 1.98. The zero-order valence-corrected chi connectivity index (χ0v) is 13.1. The maximum atomic E-state index is 13.6. The lowest BCUT2D eigenvalue weighted by molar-refractivity contribution is 0.166. The van der Waals surface area contributed by atoms with E-state index in [1.54, 1.807) is 0 Å². The van der Waals surface area contributed by atoms with Crippen molar-refractivity contribution in [2.24, 2.45) is 0 Å². The minimum absolute atomic E-state index is 0.00984. The first-order chi connectivity index (χ1) is 9.97. The number of halogens is 3. The molecule has 0 saturated carbocycles. The van der Waals surface area contributed by atoms with E-state index in [1.165, 1.54) is 0 Å². The molecule has 0 saturated heterocycles. The third-order valence-electron chi connectivity index (χ3n) is 3.30. The molecular weight excluding hydrogens is 340 g/mol. The van der Waals surface area contributed by atoms with E-state index in [0.29, 0.717) is 0 Å². The van der Waals surface area contributed by atoms with Crippen LogP contribution in [-0.4, -0.2) is 11.7 Å². The number of rotatable bonds is 5. The van der Waals surface area contributed by atoms with Crippen LogP contribution in [0.5, 0.6) is 0 Å². The molecule has 0 aliphatic carbocycles. The largest absolute Gasteiger partial charge is 0.387 e. The van der Waals surface area contributed by atoms with Gasteiger partial charge in [-0.25, -0.2) is 8.78 Å². The minimum atomic E-state index is -1.10. The molecule has 2 unspecified atom stereocenters. The van der Waals surface area contributed by atoms with E-state index >= 15 is 0 Å². The van der Waals surface area contributed by atoms with Crippen molar-refractivity contribution in [2.75, 3.05) is 6.54 Å². The van der Waals surface area contributed by atoms with Crippen molar-refractivity contribution in [1.82, 2.24) is 5.32 Å². The average molecular weight is 356 g/mol. The molecule has 2 nitrogen and oxygen atoms in total. The summed E-state index contributed by atoms with van der Waals surface area (Å²) in [6, 6.07) is 10.8. The summed E-state index contributed by atoms with van der Waals surface area (Å²) in [4.78, 5) is 0. The summed E-state index contributed by atoms with van der Waals surface area (Å²) in [6.07, 6.45) is -1.10.